The quantitative estimate of drug-likeness (QED) is 0.330. The molecule has 2 atom stereocenters. The first kappa shape index (κ1) is 28.7. The molecule has 9 nitrogen and oxygen atoms in total. The highest BCUT2D eigenvalue weighted by molar-refractivity contribution is 6.00. The monoisotopic (exact) mass is 553 g/mol. The van der Waals surface area contributed by atoms with Crippen LogP contribution >= 0.6 is 0 Å². The Labute approximate surface area is 232 Å². The maximum Gasteiger partial charge on any atom is 0.308 e. The van der Waals surface area contributed by atoms with Crippen LogP contribution in [0.1, 0.15) is 36.1 Å². The van der Waals surface area contributed by atoms with Crippen LogP contribution in [0.25, 0.3) is 0 Å². The Balaban J connectivity index is 1.90. The Bertz CT molecular complexity index is 1380. The van der Waals surface area contributed by atoms with Gasteiger partial charge in [-0.25, -0.2) is 4.39 Å². The number of methoxy groups -OCH3 is 4. The molecule has 0 fully saturated rings. The summed E-state index contributed by atoms with van der Waals surface area (Å²) in [4.78, 5) is 28.1. The number of hydrogen-bond acceptors (Lipinski definition) is 8. The smallest absolute Gasteiger partial charge is 0.308 e. The lowest BCUT2D eigenvalue weighted by atomic mass is 9.97. The number of rotatable bonds is 10. The molecule has 0 aromatic heterocycles. The average molecular weight is 554 g/mol. The van der Waals surface area contributed by atoms with Gasteiger partial charge < -0.3 is 33.3 Å². The van der Waals surface area contributed by atoms with E-state index in [0.29, 0.717) is 39.7 Å². The molecule has 0 N–H and O–H groups in total. The van der Waals surface area contributed by atoms with Gasteiger partial charge in [-0.15, -0.1) is 0 Å². The molecule has 212 valence electrons. The molecule has 40 heavy (non-hydrogen) atoms. The van der Waals surface area contributed by atoms with Crippen molar-refractivity contribution in [2.24, 2.45) is 0 Å². The minimum Gasteiger partial charge on any atom is -0.497 e. The average Bonchev–Trinajstić information content (AvgIpc) is 3.07. The second-order valence-electron chi connectivity index (χ2n) is 8.90. The minimum absolute atomic E-state index is 0.00705. The predicted molar refractivity (Wildman–Crippen MR) is 145 cm³/mol. The zero-order chi connectivity index (χ0) is 28.8. The molecule has 0 radical (unpaired) electrons. The van der Waals surface area contributed by atoms with Crippen LogP contribution < -0.4 is 23.8 Å². The van der Waals surface area contributed by atoms with Crippen LogP contribution in [0.3, 0.4) is 0 Å². The first-order chi connectivity index (χ1) is 19.3. The molecule has 0 aliphatic carbocycles. The van der Waals surface area contributed by atoms with Gasteiger partial charge >= 0.3 is 5.97 Å². The Morgan fingerprint density at radius 3 is 2.38 bits per heavy atom. The molecule has 0 saturated heterocycles. The van der Waals surface area contributed by atoms with Gasteiger partial charge in [-0.3, -0.25) is 9.59 Å². The fourth-order valence-electron chi connectivity index (χ4n) is 4.74. The topological polar surface area (TPSA) is 92.8 Å². The van der Waals surface area contributed by atoms with Crippen LogP contribution in [0.2, 0.25) is 0 Å². The molecule has 1 aliphatic heterocycles. The zero-order valence-electron chi connectivity index (χ0n) is 23.1. The molecule has 3 aromatic carbocycles. The number of ether oxygens (including phenoxy) is 6. The number of esters is 1. The van der Waals surface area contributed by atoms with Crippen LogP contribution in [0.5, 0.6) is 23.0 Å². The van der Waals surface area contributed by atoms with Gasteiger partial charge in [0.05, 0.1) is 53.7 Å². The van der Waals surface area contributed by atoms with Gasteiger partial charge in [-0.05, 0) is 37.3 Å². The lowest BCUT2D eigenvalue weighted by Gasteiger charge is -2.26. The molecule has 1 amide bonds. The molecular weight excluding hydrogens is 521 g/mol. The summed E-state index contributed by atoms with van der Waals surface area (Å²) < 4.78 is 48.3. The number of amides is 1. The van der Waals surface area contributed by atoms with Crippen molar-refractivity contribution >= 4 is 17.6 Å². The Kier molecular flexibility index (Phi) is 9.11. The molecule has 4 rings (SSSR count). The number of nitrogens with zero attached hydrogens (tertiary/aromatic N) is 1. The predicted octanol–water partition coefficient (Wildman–Crippen LogP) is 4.83. The van der Waals surface area contributed by atoms with Crippen molar-refractivity contribution in [3.8, 4) is 23.0 Å². The number of halogens is 1. The van der Waals surface area contributed by atoms with Crippen LogP contribution in [0.4, 0.5) is 10.1 Å². The van der Waals surface area contributed by atoms with Gasteiger partial charge in [0.15, 0.2) is 11.5 Å². The highest BCUT2D eigenvalue weighted by atomic mass is 19.1. The molecule has 0 unspecified atom stereocenters. The minimum atomic E-state index is -1.25. The summed E-state index contributed by atoms with van der Waals surface area (Å²) in [5.74, 6) is 0.200. The van der Waals surface area contributed by atoms with E-state index in [1.54, 1.807) is 49.4 Å². The van der Waals surface area contributed by atoms with Crippen molar-refractivity contribution in [1.82, 2.24) is 0 Å². The van der Waals surface area contributed by atoms with Crippen LogP contribution in [0, 0.1) is 5.82 Å². The van der Waals surface area contributed by atoms with E-state index in [2.05, 4.69) is 0 Å². The number of para-hydroxylation sites is 1. The molecule has 0 saturated carbocycles. The van der Waals surface area contributed by atoms with Crippen molar-refractivity contribution in [3.05, 3.63) is 77.1 Å². The van der Waals surface area contributed by atoms with Gasteiger partial charge in [-0.2, -0.15) is 0 Å². The lowest BCUT2D eigenvalue weighted by molar-refractivity contribution is -0.151. The van der Waals surface area contributed by atoms with Crippen molar-refractivity contribution in [1.29, 1.82) is 0 Å². The van der Waals surface area contributed by atoms with Crippen molar-refractivity contribution in [2.75, 3.05) is 39.9 Å². The SMILES string of the molecule is CCOC(=O)C[C@H]1O[C@H](c2cccc(OC)c2OC)c2ccc(F)cc2N(Cc2ccc(OC)cc2OC)C1=O. The first-order valence-corrected chi connectivity index (χ1v) is 12.7. The summed E-state index contributed by atoms with van der Waals surface area (Å²) in [5.41, 5.74) is 1.96. The number of benzene rings is 3. The van der Waals surface area contributed by atoms with Gasteiger partial charge in [0.25, 0.3) is 5.91 Å². The molecule has 3 aromatic rings. The zero-order valence-corrected chi connectivity index (χ0v) is 23.1. The number of carbonyl (C=O) groups excluding carboxylic acids is 2. The summed E-state index contributed by atoms with van der Waals surface area (Å²) in [5, 5.41) is 0. The summed E-state index contributed by atoms with van der Waals surface area (Å²) in [6.45, 7) is 1.83. The van der Waals surface area contributed by atoms with Gasteiger partial charge in [0.2, 0.25) is 0 Å². The van der Waals surface area contributed by atoms with Gasteiger partial charge in [0, 0.05) is 22.8 Å². The van der Waals surface area contributed by atoms with Gasteiger partial charge in [0.1, 0.15) is 29.5 Å². The Hall–Kier alpha value is -4.31. The summed E-state index contributed by atoms with van der Waals surface area (Å²) in [6.07, 6.45) is -2.51. The third-order valence-electron chi connectivity index (χ3n) is 6.60. The second-order valence-corrected chi connectivity index (χ2v) is 8.90. The van der Waals surface area contributed by atoms with Crippen molar-refractivity contribution in [2.45, 2.75) is 32.1 Å². The maximum atomic E-state index is 14.8. The van der Waals surface area contributed by atoms with E-state index < -0.39 is 29.9 Å². The number of anilines is 1. The van der Waals surface area contributed by atoms with E-state index in [0.717, 1.165) is 0 Å². The van der Waals surface area contributed by atoms with Crippen LogP contribution in [0.15, 0.2) is 54.6 Å². The highest BCUT2D eigenvalue weighted by Crippen LogP contribution is 2.45. The number of hydrogen-bond donors (Lipinski definition) is 0. The fraction of sp³-hybridized carbons (Fsp3) is 0.333. The van der Waals surface area contributed by atoms with Crippen molar-refractivity contribution in [3.63, 3.8) is 0 Å². The molecule has 1 heterocycles. The largest absolute Gasteiger partial charge is 0.497 e. The second kappa shape index (κ2) is 12.7. The highest BCUT2D eigenvalue weighted by Gasteiger charge is 2.39. The van der Waals surface area contributed by atoms with E-state index in [-0.39, 0.29) is 25.3 Å². The van der Waals surface area contributed by atoms with Crippen LogP contribution in [-0.2, 0) is 25.6 Å². The van der Waals surface area contributed by atoms with E-state index in [9.17, 15) is 14.0 Å². The summed E-state index contributed by atoms with van der Waals surface area (Å²) in [7, 11) is 6.05. The molecule has 0 spiro atoms. The van der Waals surface area contributed by atoms with E-state index in [1.807, 2.05) is 0 Å². The summed E-state index contributed by atoms with van der Waals surface area (Å²) >= 11 is 0. The standard InChI is InChI=1S/C30H32FNO8/c1-6-39-27(33)16-26-30(34)32(17-18-10-12-20(35-2)15-25(18)37-4)23-14-19(31)11-13-21(23)28(40-26)22-8-7-9-24(36-3)29(22)38-5/h7-15,26,28H,6,16-17H2,1-5H3/t26-,28+/m1/s1. The van der Waals surface area contributed by atoms with E-state index in [4.69, 9.17) is 28.4 Å². The van der Waals surface area contributed by atoms with E-state index >= 15 is 0 Å². The van der Waals surface area contributed by atoms with Gasteiger partial charge in [-0.1, -0.05) is 18.2 Å². The Morgan fingerprint density at radius 2 is 1.70 bits per heavy atom. The third kappa shape index (κ3) is 5.81. The normalized spacial score (nSPS) is 16.6. The third-order valence-corrected chi connectivity index (χ3v) is 6.60. The molecule has 1 aliphatic rings. The molecule has 0 bridgehead atoms. The van der Waals surface area contributed by atoms with E-state index in [1.165, 1.54) is 45.5 Å². The van der Waals surface area contributed by atoms with Crippen LogP contribution in [-0.4, -0.2) is 53.0 Å². The first-order valence-electron chi connectivity index (χ1n) is 12.7. The lowest BCUT2D eigenvalue weighted by Crippen LogP contribution is -2.40. The number of carbonyl (C=O) groups is 2. The summed E-state index contributed by atoms with van der Waals surface area (Å²) in [6, 6.07) is 14.6. The fourth-order valence-corrected chi connectivity index (χ4v) is 4.74. The number of fused-ring (bicyclic) bond motifs is 1. The molecule has 10 heteroatoms. The Morgan fingerprint density at radius 1 is 0.925 bits per heavy atom. The maximum absolute atomic E-state index is 14.8. The van der Waals surface area contributed by atoms with Crippen molar-refractivity contribution < 1.29 is 42.4 Å². The molecular formula is C30H32FNO8.